The molecule has 5 heteroatoms. The molecule has 4 nitrogen and oxygen atoms in total. The van der Waals surface area contributed by atoms with Gasteiger partial charge in [0, 0.05) is 16.5 Å². The molecular formula is C15H15NO3S. The molecule has 1 aromatic carbocycles. The van der Waals surface area contributed by atoms with Crippen LogP contribution in [0.15, 0.2) is 29.6 Å². The van der Waals surface area contributed by atoms with Crippen molar-refractivity contribution in [2.45, 2.75) is 13.1 Å². The quantitative estimate of drug-likeness (QED) is 0.868. The number of methoxy groups -OCH3 is 2. The number of fused-ring (bicyclic) bond motifs is 1. The molecule has 20 heavy (non-hydrogen) atoms. The van der Waals surface area contributed by atoms with E-state index in [0.29, 0.717) is 13.1 Å². The summed E-state index contributed by atoms with van der Waals surface area (Å²) in [5, 5.41) is 1.97. The lowest BCUT2D eigenvalue weighted by Gasteiger charge is -2.18. The number of hydrogen-bond donors (Lipinski definition) is 0. The summed E-state index contributed by atoms with van der Waals surface area (Å²) in [6.45, 7) is 1.23. The molecular weight excluding hydrogens is 274 g/mol. The zero-order valence-electron chi connectivity index (χ0n) is 11.4. The van der Waals surface area contributed by atoms with Crippen molar-refractivity contribution in [3.05, 3.63) is 45.6 Å². The zero-order valence-corrected chi connectivity index (χ0v) is 12.2. The van der Waals surface area contributed by atoms with E-state index in [1.807, 2.05) is 34.5 Å². The van der Waals surface area contributed by atoms with E-state index in [1.165, 1.54) is 0 Å². The van der Waals surface area contributed by atoms with Crippen LogP contribution in [0.1, 0.15) is 20.8 Å². The number of amides is 1. The van der Waals surface area contributed by atoms with Crippen molar-refractivity contribution in [3.8, 4) is 11.5 Å². The molecule has 0 atom stereocenters. The molecule has 1 aromatic heterocycles. The van der Waals surface area contributed by atoms with Crippen LogP contribution >= 0.6 is 11.3 Å². The third kappa shape index (κ3) is 2.14. The van der Waals surface area contributed by atoms with Crippen LogP contribution in [0.25, 0.3) is 0 Å². The van der Waals surface area contributed by atoms with E-state index in [4.69, 9.17) is 9.47 Å². The van der Waals surface area contributed by atoms with Crippen LogP contribution in [-0.4, -0.2) is 25.0 Å². The average molecular weight is 289 g/mol. The molecule has 0 saturated heterocycles. The Kier molecular flexibility index (Phi) is 3.36. The van der Waals surface area contributed by atoms with Crippen molar-refractivity contribution >= 4 is 17.2 Å². The molecule has 3 rings (SSSR count). The number of carbonyl (C=O) groups excluding carboxylic acids is 1. The molecule has 0 aliphatic carbocycles. The maximum atomic E-state index is 12.3. The number of benzene rings is 1. The molecule has 2 heterocycles. The minimum Gasteiger partial charge on any atom is -0.497 e. The molecule has 0 radical (unpaired) electrons. The van der Waals surface area contributed by atoms with Gasteiger partial charge in [-0.1, -0.05) is 0 Å². The normalized spacial score (nSPS) is 13.5. The van der Waals surface area contributed by atoms with Gasteiger partial charge in [-0.15, -0.1) is 11.3 Å². The second-order valence-corrected chi connectivity index (χ2v) is 5.60. The molecule has 0 unspecified atom stereocenters. The highest BCUT2D eigenvalue weighted by Gasteiger charge is 2.28. The second kappa shape index (κ2) is 5.17. The van der Waals surface area contributed by atoms with E-state index >= 15 is 0 Å². The lowest BCUT2D eigenvalue weighted by Crippen LogP contribution is -2.23. The highest BCUT2D eigenvalue weighted by molar-refractivity contribution is 7.10. The smallest absolute Gasteiger partial charge is 0.255 e. The maximum Gasteiger partial charge on any atom is 0.255 e. The molecule has 104 valence electrons. The summed E-state index contributed by atoms with van der Waals surface area (Å²) in [6, 6.07) is 7.56. The summed E-state index contributed by atoms with van der Waals surface area (Å²) in [4.78, 5) is 15.2. The largest absolute Gasteiger partial charge is 0.497 e. The highest BCUT2D eigenvalue weighted by atomic mass is 32.1. The maximum absolute atomic E-state index is 12.3. The van der Waals surface area contributed by atoms with Crippen LogP contribution in [-0.2, 0) is 13.1 Å². The average Bonchev–Trinajstić information content (AvgIpc) is 3.04. The zero-order chi connectivity index (χ0) is 14.1. The molecule has 2 aromatic rings. The number of carbonyl (C=O) groups is 1. The fourth-order valence-electron chi connectivity index (χ4n) is 2.38. The summed E-state index contributed by atoms with van der Waals surface area (Å²) in [7, 11) is 3.25. The highest BCUT2D eigenvalue weighted by Crippen LogP contribution is 2.31. The number of ether oxygens (including phenoxy) is 2. The Bertz CT molecular complexity index is 650. The number of hydrogen-bond acceptors (Lipinski definition) is 4. The van der Waals surface area contributed by atoms with Gasteiger partial charge >= 0.3 is 0 Å². The van der Waals surface area contributed by atoms with Crippen molar-refractivity contribution in [3.63, 3.8) is 0 Å². The number of rotatable bonds is 4. The van der Waals surface area contributed by atoms with Gasteiger partial charge in [0.15, 0.2) is 0 Å². The van der Waals surface area contributed by atoms with Gasteiger partial charge < -0.3 is 14.4 Å². The standard InChI is InChI=1S/C15H15NO3S/c1-18-11-4-3-10(13(7-11)19-2)8-16-9-14-12(15(16)17)5-6-20-14/h3-7H,8-9H2,1-2H3. The molecule has 0 spiro atoms. The van der Waals surface area contributed by atoms with Gasteiger partial charge in [-0.25, -0.2) is 0 Å². The lowest BCUT2D eigenvalue weighted by molar-refractivity contribution is 0.0766. The summed E-state index contributed by atoms with van der Waals surface area (Å²) in [5.41, 5.74) is 1.82. The Hall–Kier alpha value is -2.01. The van der Waals surface area contributed by atoms with Crippen LogP contribution in [0.5, 0.6) is 11.5 Å². The van der Waals surface area contributed by atoms with Crippen molar-refractivity contribution in [1.82, 2.24) is 4.90 Å². The molecule has 1 amide bonds. The fraction of sp³-hybridized carbons (Fsp3) is 0.267. The van der Waals surface area contributed by atoms with E-state index in [2.05, 4.69) is 0 Å². The topological polar surface area (TPSA) is 38.8 Å². The predicted molar refractivity (Wildman–Crippen MR) is 77.4 cm³/mol. The van der Waals surface area contributed by atoms with Gasteiger partial charge in [-0.3, -0.25) is 4.79 Å². The molecule has 0 N–H and O–H groups in total. The predicted octanol–water partition coefficient (Wildman–Crippen LogP) is 2.92. The summed E-state index contributed by atoms with van der Waals surface area (Å²) in [6.07, 6.45) is 0. The monoisotopic (exact) mass is 289 g/mol. The van der Waals surface area contributed by atoms with Crippen molar-refractivity contribution in [2.75, 3.05) is 14.2 Å². The third-order valence-electron chi connectivity index (χ3n) is 3.45. The van der Waals surface area contributed by atoms with Crippen LogP contribution in [0, 0.1) is 0 Å². The third-order valence-corrected chi connectivity index (χ3v) is 4.36. The Labute approximate surface area is 121 Å². The number of nitrogens with zero attached hydrogens (tertiary/aromatic N) is 1. The van der Waals surface area contributed by atoms with Gasteiger partial charge in [0.1, 0.15) is 11.5 Å². The Morgan fingerprint density at radius 2 is 2.10 bits per heavy atom. The van der Waals surface area contributed by atoms with Crippen molar-refractivity contribution < 1.29 is 14.3 Å². The van der Waals surface area contributed by atoms with E-state index in [1.54, 1.807) is 25.6 Å². The molecule has 0 saturated carbocycles. The van der Waals surface area contributed by atoms with Gasteiger partial charge in [-0.05, 0) is 23.6 Å². The van der Waals surface area contributed by atoms with Gasteiger partial charge in [0.25, 0.3) is 5.91 Å². The second-order valence-electron chi connectivity index (χ2n) is 4.60. The van der Waals surface area contributed by atoms with E-state index in [9.17, 15) is 4.79 Å². The van der Waals surface area contributed by atoms with E-state index in [0.717, 1.165) is 27.5 Å². The number of thiophene rings is 1. The first kappa shape index (κ1) is 13.0. The van der Waals surface area contributed by atoms with E-state index in [-0.39, 0.29) is 5.91 Å². The first-order valence-corrected chi connectivity index (χ1v) is 7.17. The van der Waals surface area contributed by atoms with Crippen LogP contribution < -0.4 is 9.47 Å². The summed E-state index contributed by atoms with van der Waals surface area (Å²) >= 11 is 1.63. The van der Waals surface area contributed by atoms with Crippen LogP contribution in [0.4, 0.5) is 0 Å². The Balaban J connectivity index is 1.82. The first-order chi connectivity index (χ1) is 9.72. The lowest BCUT2D eigenvalue weighted by atomic mass is 10.1. The molecule has 1 aliphatic heterocycles. The molecule has 1 aliphatic rings. The van der Waals surface area contributed by atoms with Crippen molar-refractivity contribution in [2.24, 2.45) is 0 Å². The van der Waals surface area contributed by atoms with Crippen LogP contribution in [0.3, 0.4) is 0 Å². The first-order valence-electron chi connectivity index (χ1n) is 6.29. The van der Waals surface area contributed by atoms with Crippen molar-refractivity contribution in [1.29, 1.82) is 0 Å². The van der Waals surface area contributed by atoms with Crippen LogP contribution in [0.2, 0.25) is 0 Å². The van der Waals surface area contributed by atoms with Gasteiger partial charge in [-0.2, -0.15) is 0 Å². The van der Waals surface area contributed by atoms with Gasteiger partial charge in [0.2, 0.25) is 0 Å². The Morgan fingerprint density at radius 3 is 2.80 bits per heavy atom. The van der Waals surface area contributed by atoms with Gasteiger partial charge in [0.05, 0.1) is 32.9 Å². The SMILES string of the molecule is COc1ccc(CN2Cc3sccc3C2=O)c(OC)c1. The summed E-state index contributed by atoms with van der Waals surface area (Å²) in [5.74, 6) is 1.59. The molecule has 0 fully saturated rings. The molecule has 0 bridgehead atoms. The summed E-state index contributed by atoms with van der Waals surface area (Å²) < 4.78 is 10.6. The Morgan fingerprint density at radius 1 is 1.25 bits per heavy atom. The van der Waals surface area contributed by atoms with E-state index < -0.39 is 0 Å². The minimum atomic E-state index is 0.0964. The fourth-order valence-corrected chi connectivity index (χ4v) is 3.27. The minimum absolute atomic E-state index is 0.0964.